The van der Waals surface area contributed by atoms with E-state index in [0.29, 0.717) is 5.69 Å². The van der Waals surface area contributed by atoms with E-state index in [4.69, 9.17) is 17.3 Å². The van der Waals surface area contributed by atoms with Gasteiger partial charge in [0.2, 0.25) is 0 Å². The van der Waals surface area contributed by atoms with Crippen molar-refractivity contribution in [2.75, 3.05) is 17.2 Å². The largest absolute Gasteiger partial charge is 0.405 e. The van der Waals surface area contributed by atoms with E-state index in [1.54, 1.807) is 13.8 Å². The predicted molar refractivity (Wildman–Crippen MR) is 62.2 cm³/mol. The molecule has 0 unspecified atom stereocenters. The Morgan fingerprint density at radius 2 is 2.06 bits per heavy atom. The fourth-order valence-electron chi connectivity index (χ4n) is 1.35. The first-order chi connectivity index (χ1) is 7.70. The van der Waals surface area contributed by atoms with Gasteiger partial charge in [0.25, 0.3) is 0 Å². The maximum atomic E-state index is 12.4. The number of hydrogen-bond donors (Lipinski definition) is 1. The highest BCUT2D eigenvalue weighted by Crippen LogP contribution is 2.29. The molecule has 2 N–H and O–H groups in total. The van der Waals surface area contributed by atoms with Crippen LogP contribution in [0.15, 0.2) is 12.3 Å². The molecule has 3 nitrogen and oxygen atoms in total. The summed E-state index contributed by atoms with van der Waals surface area (Å²) >= 11 is 5.85. The summed E-state index contributed by atoms with van der Waals surface area (Å²) in [6.45, 7) is 2.18. The molecular weight excluding hydrogens is 255 g/mol. The van der Waals surface area contributed by atoms with E-state index >= 15 is 0 Å². The van der Waals surface area contributed by atoms with Crippen molar-refractivity contribution in [3.05, 3.63) is 17.3 Å². The Labute approximate surface area is 102 Å². The van der Waals surface area contributed by atoms with E-state index in [-0.39, 0.29) is 16.9 Å². The fourth-order valence-corrected chi connectivity index (χ4v) is 1.64. The molecule has 17 heavy (non-hydrogen) atoms. The standard InChI is InChI=1S/C10H13ClF3N3/c1-6(2)17(5-10(12,13)14)9-8(11)3-7(15)4-16-9/h3-4,6H,5,15H2,1-2H3. The maximum Gasteiger partial charge on any atom is 0.405 e. The Bertz CT molecular complexity index is 393. The molecule has 0 radical (unpaired) electrons. The first kappa shape index (κ1) is 13.9. The lowest BCUT2D eigenvalue weighted by atomic mass is 10.3. The third-order valence-corrected chi connectivity index (χ3v) is 2.37. The Morgan fingerprint density at radius 3 is 2.47 bits per heavy atom. The van der Waals surface area contributed by atoms with Crippen molar-refractivity contribution in [1.29, 1.82) is 0 Å². The molecule has 0 atom stereocenters. The molecule has 1 aromatic heterocycles. The average Bonchev–Trinajstić information content (AvgIpc) is 2.13. The molecule has 0 amide bonds. The van der Waals surface area contributed by atoms with Gasteiger partial charge in [0.05, 0.1) is 16.9 Å². The summed E-state index contributed by atoms with van der Waals surface area (Å²) in [4.78, 5) is 4.94. The number of pyridine rings is 1. The molecule has 0 fully saturated rings. The smallest absolute Gasteiger partial charge is 0.397 e. The molecule has 7 heteroatoms. The van der Waals surface area contributed by atoms with Crippen molar-refractivity contribution < 1.29 is 13.2 Å². The number of halogens is 4. The van der Waals surface area contributed by atoms with Crippen molar-refractivity contribution in [3.8, 4) is 0 Å². The lowest BCUT2D eigenvalue weighted by molar-refractivity contribution is -0.120. The van der Waals surface area contributed by atoms with Crippen molar-refractivity contribution in [3.63, 3.8) is 0 Å². The summed E-state index contributed by atoms with van der Waals surface area (Å²) in [6.07, 6.45) is -3.02. The minimum absolute atomic E-state index is 0.0909. The van der Waals surface area contributed by atoms with Crippen molar-refractivity contribution in [2.45, 2.75) is 26.1 Å². The summed E-state index contributed by atoms with van der Waals surface area (Å²) in [5.41, 5.74) is 5.76. The van der Waals surface area contributed by atoms with Crippen LogP contribution in [0, 0.1) is 0 Å². The average molecular weight is 268 g/mol. The second kappa shape index (κ2) is 5.00. The van der Waals surface area contributed by atoms with Crippen LogP contribution in [0.4, 0.5) is 24.7 Å². The highest BCUT2D eigenvalue weighted by molar-refractivity contribution is 6.33. The van der Waals surface area contributed by atoms with Gasteiger partial charge < -0.3 is 10.6 Å². The van der Waals surface area contributed by atoms with Gasteiger partial charge >= 0.3 is 6.18 Å². The summed E-state index contributed by atoms with van der Waals surface area (Å²) in [5.74, 6) is 0.0909. The van der Waals surface area contributed by atoms with E-state index in [2.05, 4.69) is 4.98 Å². The van der Waals surface area contributed by atoms with Gasteiger partial charge in [-0.1, -0.05) is 11.6 Å². The van der Waals surface area contributed by atoms with Crippen LogP contribution in [0.2, 0.25) is 5.02 Å². The topological polar surface area (TPSA) is 42.2 Å². The van der Waals surface area contributed by atoms with Crippen LogP contribution in [0.5, 0.6) is 0 Å². The highest BCUT2D eigenvalue weighted by Gasteiger charge is 2.33. The molecule has 0 saturated heterocycles. The second-order valence-corrected chi connectivity index (χ2v) is 4.32. The Balaban J connectivity index is 3.06. The fraction of sp³-hybridized carbons (Fsp3) is 0.500. The number of anilines is 2. The molecule has 1 heterocycles. The van der Waals surface area contributed by atoms with Gasteiger partial charge in [-0.25, -0.2) is 4.98 Å². The van der Waals surface area contributed by atoms with Crippen molar-refractivity contribution in [2.24, 2.45) is 0 Å². The Hall–Kier alpha value is -1.17. The molecule has 0 aromatic carbocycles. The molecule has 0 bridgehead atoms. The third-order valence-electron chi connectivity index (χ3n) is 2.09. The number of aromatic nitrogens is 1. The summed E-state index contributed by atoms with van der Waals surface area (Å²) < 4.78 is 37.3. The summed E-state index contributed by atoms with van der Waals surface area (Å²) in [6, 6.07) is 1.01. The van der Waals surface area contributed by atoms with E-state index in [9.17, 15) is 13.2 Å². The number of nitrogens with zero attached hydrogens (tertiary/aromatic N) is 2. The van der Waals surface area contributed by atoms with Crippen molar-refractivity contribution >= 4 is 23.1 Å². The zero-order valence-electron chi connectivity index (χ0n) is 9.42. The van der Waals surface area contributed by atoms with E-state index in [0.717, 1.165) is 4.90 Å². The number of alkyl halides is 3. The molecular formula is C10H13ClF3N3. The van der Waals surface area contributed by atoms with Gasteiger partial charge in [-0.3, -0.25) is 0 Å². The molecule has 1 aromatic rings. The van der Waals surface area contributed by atoms with E-state index in [1.165, 1.54) is 12.3 Å². The zero-order chi connectivity index (χ0) is 13.2. The van der Waals surface area contributed by atoms with Crippen LogP contribution >= 0.6 is 11.6 Å². The lowest BCUT2D eigenvalue weighted by Gasteiger charge is -2.29. The number of nitrogens with two attached hydrogens (primary N) is 1. The predicted octanol–water partition coefficient (Wildman–Crippen LogP) is 3.09. The van der Waals surface area contributed by atoms with Crippen LogP contribution in [0.25, 0.3) is 0 Å². The third kappa shape index (κ3) is 3.96. The molecule has 0 saturated carbocycles. The van der Waals surface area contributed by atoms with E-state index in [1.807, 2.05) is 0 Å². The highest BCUT2D eigenvalue weighted by atomic mass is 35.5. The molecule has 96 valence electrons. The molecule has 0 spiro atoms. The summed E-state index contributed by atoms with van der Waals surface area (Å²) in [5, 5.41) is 0.114. The molecule has 0 aliphatic heterocycles. The quantitative estimate of drug-likeness (QED) is 0.915. The van der Waals surface area contributed by atoms with Crippen LogP contribution in [0.3, 0.4) is 0 Å². The van der Waals surface area contributed by atoms with Crippen LogP contribution in [0.1, 0.15) is 13.8 Å². The number of rotatable bonds is 3. The van der Waals surface area contributed by atoms with Crippen LogP contribution in [-0.2, 0) is 0 Å². The lowest BCUT2D eigenvalue weighted by Crippen LogP contribution is -2.39. The summed E-state index contributed by atoms with van der Waals surface area (Å²) in [7, 11) is 0. The van der Waals surface area contributed by atoms with Gasteiger partial charge in [0.15, 0.2) is 0 Å². The number of nitrogen functional groups attached to an aromatic ring is 1. The van der Waals surface area contributed by atoms with Crippen LogP contribution < -0.4 is 10.6 Å². The van der Waals surface area contributed by atoms with Gasteiger partial charge in [0.1, 0.15) is 12.4 Å². The maximum absolute atomic E-state index is 12.4. The number of hydrogen-bond acceptors (Lipinski definition) is 3. The van der Waals surface area contributed by atoms with Crippen LogP contribution in [-0.4, -0.2) is 23.7 Å². The minimum Gasteiger partial charge on any atom is -0.397 e. The monoisotopic (exact) mass is 267 g/mol. The molecule has 0 aliphatic carbocycles. The first-order valence-electron chi connectivity index (χ1n) is 4.95. The molecule has 1 rings (SSSR count). The van der Waals surface area contributed by atoms with Gasteiger partial charge in [-0.2, -0.15) is 13.2 Å². The zero-order valence-corrected chi connectivity index (χ0v) is 10.2. The Morgan fingerprint density at radius 1 is 1.47 bits per heavy atom. The van der Waals surface area contributed by atoms with E-state index < -0.39 is 12.7 Å². The SMILES string of the molecule is CC(C)N(CC(F)(F)F)c1ncc(N)cc1Cl. The van der Waals surface area contributed by atoms with Gasteiger partial charge in [-0.05, 0) is 19.9 Å². The normalized spacial score (nSPS) is 11.9. The van der Waals surface area contributed by atoms with Crippen molar-refractivity contribution in [1.82, 2.24) is 4.98 Å². The Kier molecular flexibility index (Phi) is 4.08. The molecule has 0 aliphatic rings. The minimum atomic E-state index is -4.31. The second-order valence-electron chi connectivity index (χ2n) is 3.91. The van der Waals surface area contributed by atoms with Gasteiger partial charge in [0, 0.05) is 6.04 Å². The first-order valence-corrected chi connectivity index (χ1v) is 5.33. The van der Waals surface area contributed by atoms with Gasteiger partial charge in [-0.15, -0.1) is 0 Å².